The highest BCUT2D eigenvalue weighted by atomic mass is 19.1. The van der Waals surface area contributed by atoms with Crippen LogP contribution in [0.25, 0.3) is 0 Å². The number of unbranched alkanes of at least 4 members (excludes halogenated alkanes) is 5. The van der Waals surface area contributed by atoms with Gasteiger partial charge in [0.05, 0.1) is 13.1 Å². The van der Waals surface area contributed by atoms with E-state index in [9.17, 15) is 14.0 Å². The molecule has 0 atom stereocenters. The SMILES string of the molecule is CCCCCCCCC(=O)N(CCC)CC(=O)N(Cc1ccc(F)cc1)Cc1ccc(C)o1. The Kier molecular flexibility index (Phi) is 11.7. The summed E-state index contributed by atoms with van der Waals surface area (Å²) in [6, 6.07) is 9.86. The average molecular weight is 459 g/mol. The molecule has 1 aromatic heterocycles. The van der Waals surface area contributed by atoms with Crippen LogP contribution in [0.5, 0.6) is 0 Å². The smallest absolute Gasteiger partial charge is 0.242 e. The number of halogens is 1. The maximum atomic E-state index is 13.3. The molecule has 1 heterocycles. The molecule has 0 bridgehead atoms. The van der Waals surface area contributed by atoms with Crippen molar-refractivity contribution in [1.29, 1.82) is 0 Å². The second-order valence-corrected chi connectivity index (χ2v) is 8.72. The summed E-state index contributed by atoms with van der Waals surface area (Å²) in [6.45, 7) is 7.29. The molecule has 2 amide bonds. The van der Waals surface area contributed by atoms with Gasteiger partial charge in [0.2, 0.25) is 11.8 Å². The van der Waals surface area contributed by atoms with E-state index in [0.717, 1.165) is 37.0 Å². The lowest BCUT2D eigenvalue weighted by Gasteiger charge is -2.27. The van der Waals surface area contributed by atoms with Crippen LogP contribution in [0.4, 0.5) is 4.39 Å². The van der Waals surface area contributed by atoms with Gasteiger partial charge in [0.15, 0.2) is 0 Å². The van der Waals surface area contributed by atoms with E-state index in [0.29, 0.717) is 31.8 Å². The molecule has 6 heteroatoms. The van der Waals surface area contributed by atoms with E-state index in [-0.39, 0.29) is 24.2 Å². The molecule has 2 rings (SSSR count). The van der Waals surface area contributed by atoms with E-state index >= 15 is 0 Å². The van der Waals surface area contributed by atoms with E-state index in [4.69, 9.17) is 4.42 Å². The predicted octanol–water partition coefficient (Wildman–Crippen LogP) is 6.25. The Morgan fingerprint density at radius 2 is 1.52 bits per heavy atom. The molecular formula is C27H39FN2O3. The van der Waals surface area contributed by atoms with Crippen LogP contribution in [0.2, 0.25) is 0 Å². The number of amides is 2. The summed E-state index contributed by atoms with van der Waals surface area (Å²) >= 11 is 0. The van der Waals surface area contributed by atoms with Crippen LogP contribution in [-0.4, -0.2) is 34.7 Å². The van der Waals surface area contributed by atoms with Crippen LogP contribution in [0.3, 0.4) is 0 Å². The summed E-state index contributed by atoms with van der Waals surface area (Å²) in [5, 5.41) is 0. The van der Waals surface area contributed by atoms with Crippen LogP contribution < -0.4 is 0 Å². The van der Waals surface area contributed by atoms with Crippen molar-refractivity contribution in [2.45, 2.75) is 85.2 Å². The van der Waals surface area contributed by atoms with Gasteiger partial charge in [-0.15, -0.1) is 0 Å². The second kappa shape index (κ2) is 14.5. The van der Waals surface area contributed by atoms with Crippen molar-refractivity contribution < 1.29 is 18.4 Å². The number of rotatable bonds is 15. The summed E-state index contributed by atoms with van der Waals surface area (Å²) in [4.78, 5) is 29.5. The number of benzene rings is 1. The van der Waals surface area contributed by atoms with Crippen LogP contribution in [0.1, 0.15) is 82.3 Å². The van der Waals surface area contributed by atoms with E-state index in [1.165, 1.54) is 31.4 Å². The first-order valence-electron chi connectivity index (χ1n) is 12.3. The number of hydrogen-bond donors (Lipinski definition) is 0. The van der Waals surface area contributed by atoms with Crippen molar-refractivity contribution in [1.82, 2.24) is 9.80 Å². The first-order chi connectivity index (χ1) is 15.9. The van der Waals surface area contributed by atoms with Crippen LogP contribution in [0, 0.1) is 12.7 Å². The summed E-state index contributed by atoms with van der Waals surface area (Å²) in [7, 11) is 0. The van der Waals surface area contributed by atoms with Crippen molar-refractivity contribution in [3.05, 3.63) is 59.3 Å². The molecule has 1 aromatic carbocycles. The fourth-order valence-corrected chi connectivity index (χ4v) is 3.84. The Labute approximate surface area is 197 Å². The topological polar surface area (TPSA) is 53.8 Å². The molecule has 0 saturated carbocycles. The third-order valence-corrected chi connectivity index (χ3v) is 5.70. The van der Waals surface area contributed by atoms with Gasteiger partial charge in [-0.25, -0.2) is 4.39 Å². The van der Waals surface area contributed by atoms with Crippen LogP contribution in [-0.2, 0) is 22.7 Å². The monoisotopic (exact) mass is 458 g/mol. The van der Waals surface area contributed by atoms with Gasteiger partial charge in [-0.1, -0.05) is 58.1 Å². The number of carbonyl (C=O) groups is 2. The average Bonchev–Trinajstić information content (AvgIpc) is 3.21. The molecule has 0 spiro atoms. The maximum Gasteiger partial charge on any atom is 0.242 e. The minimum Gasteiger partial charge on any atom is -0.464 e. The Morgan fingerprint density at radius 3 is 2.15 bits per heavy atom. The number of hydrogen-bond acceptors (Lipinski definition) is 3. The lowest BCUT2D eigenvalue weighted by Crippen LogP contribution is -2.42. The summed E-state index contributed by atoms with van der Waals surface area (Å²) in [5.74, 6) is 1.05. The number of furan rings is 1. The van der Waals surface area contributed by atoms with Gasteiger partial charge in [0, 0.05) is 19.5 Å². The zero-order chi connectivity index (χ0) is 24.1. The lowest BCUT2D eigenvalue weighted by atomic mass is 10.1. The highest BCUT2D eigenvalue weighted by Crippen LogP contribution is 2.15. The van der Waals surface area contributed by atoms with Gasteiger partial charge in [0.25, 0.3) is 0 Å². The minimum absolute atomic E-state index is 0.0382. The fourth-order valence-electron chi connectivity index (χ4n) is 3.84. The number of carbonyl (C=O) groups excluding carboxylic acids is 2. The highest BCUT2D eigenvalue weighted by molar-refractivity contribution is 5.84. The number of nitrogens with zero attached hydrogens (tertiary/aromatic N) is 2. The molecule has 33 heavy (non-hydrogen) atoms. The largest absolute Gasteiger partial charge is 0.464 e. The quantitative estimate of drug-likeness (QED) is 0.297. The van der Waals surface area contributed by atoms with Crippen molar-refractivity contribution in [3.8, 4) is 0 Å². The summed E-state index contributed by atoms with van der Waals surface area (Å²) in [5.41, 5.74) is 0.827. The first-order valence-corrected chi connectivity index (χ1v) is 12.3. The minimum atomic E-state index is -0.312. The molecule has 0 unspecified atom stereocenters. The zero-order valence-corrected chi connectivity index (χ0v) is 20.4. The molecule has 182 valence electrons. The first kappa shape index (κ1) is 26.6. The van der Waals surface area contributed by atoms with E-state index in [1.54, 1.807) is 21.9 Å². The number of aryl methyl sites for hydroxylation is 1. The molecule has 2 aromatic rings. The van der Waals surface area contributed by atoms with Crippen molar-refractivity contribution in [2.24, 2.45) is 0 Å². The standard InChI is InChI=1S/C27H39FN2O3/c1-4-6-7-8-9-10-11-26(31)29(18-5-2)21-27(32)30(20-25-17-12-22(3)33-25)19-23-13-15-24(28)16-14-23/h12-17H,4-11,18-21H2,1-3H3. The maximum absolute atomic E-state index is 13.3. The molecule has 0 aliphatic rings. The molecule has 0 aliphatic heterocycles. The fraction of sp³-hybridized carbons (Fsp3) is 0.556. The van der Waals surface area contributed by atoms with Crippen LogP contribution >= 0.6 is 0 Å². The molecule has 0 N–H and O–H groups in total. The molecular weight excluding hydrogens is 419 g/mol. The van der Waals surface area contributed by atoms with Gasteiger partial charge in [-0.3, -0.25) is 9.59 Å². The van der Waals surface area contributed by atoms with Gasteiger partial charge in [-0.05, 0) is 49.6 Å². The van der Waals surface area contributed by atoms with Gasteiger partial charge in [-0.2, -0.15) is 0 Å². The third kappa shape index (κ3) is 9.80. The van der Waals surface area contributed by atoms with E-state index in [1.807, 2.05) is 26.0 Å². The molecule has 0 radical (unpaired) electrons. The Morgan fingerprint density at radius 1 is 0.818 bits per heavy atom. The van der Waals surface area contributed by atoms with Gasteiger partial charge in [0.1, 0.15) is 17.3 Å². The Balaban J connectivity index is 2.01. The third-order valence-electron chi connectivity index (χ3n) is 5.70. The second-order valence-electron chi connectivity index (χ2n) is 8.72. The Hall–Kier alpha value is -2.63. The normalized spacial score (nSPS) is 10.9. The molecule has 5 nitrogen and oxygen atoms in total. The lowest BCUT2D eigenvalue weighted by molar-refractivity contribution is -0.141. The molecule has 0 saturated heterocycles. The van der Waals surface area contributed by atoms with Crippen LogP contribution in [0.15, 0.2) is 40.8 Å². The van der Waals surface area contributed by atoms with Crippen molar-refractivity contribution >= 4 is 11.8 Å². The van der Waals surface area contributed by atoms with E-state index < -0.39 is 0 Å². The summed E-state index contributed by atoms with van der Waals surface area (Å²) in [6.07, 6.45) is 8.00. The van der Waals surface area contributed by atoms with E-state index in [2.05, 4.69) is 6.92 Å². The van der Waals surface area contributed by atoms with Gasteiger partial charge >= 0.3 is 0 Å². The van der Waals surface area contributed by atoms with Crippen molar-refractivity contribution in [3.63, 3.8) is 0 Å². The molecule has 0 aliphatic carbocycles. The molecule has 0 fully saturated rings. The zero-order valence-electron chi connectivity index (χ0n) is 20.4. The van der Waals surface area contributed by atoms with Crippen molar-refractivity contribution in [2.75, 3.05) is 13.1 Å². The van der Waals surface area contributed by atoms with Gasteiger partial charge < -0.3 is 14.2 Å². The Bertz CT molecular complexity index is 847. The predicted molar refractivity (Wildman–Crippen MR) is 129 cm³/mol. The highest BCUT2D eigenvalue weighted by Gasteiger charge is 2.22. The summed E-state index contributed by atoms with van der Waals surface area (Å²) < 4.78 is 19.0.